The summed E-state index contributed by atoms with van der Waals surface area (Å²) in [6.07, 6.45) is 1.96. The highest BCUT2D eigenvalue weighted by Crippen LogP contribution is 2.24. The molecule has 23 heavy (non-hydrogen) atoms. The molecule has 1 unspecified atom stereocenters. The Morgan fingerprint density at radius 1 is 1.30 bits per heavy atom. The molecule has 0 spiro atoms. The normalized spacial score (nSPS) is 12.3. The predicted octanol–water partition coefficient (Wildman–Crippen LogP) is 4.43. The Morgan fingerprint density at radius 3 is 2.83 bits per heavy atom. The van der Waals surface area contributed by atoms with Gasteiger partial charge in [-0.15, -0.1) is 11.8 Å². The third kappa shape index (κ3) is 3.35. The van der Waals surface area contributed by atoms with Crippen LogP contribution in [0, 0.1) is 0 Å². The van der Waals surface area contributed by atoms with E-state index >= 15 is 0 Å². The zero-order valence-electron chi connectivity index (χ0n) is 12.8. The third-order valence-electron chi connectivity index (χ3n) is 3.58. The van der Waals surface area contributed by atoms with Crippen LogP contribution >= 0.6 is 23.4 Å². The van der Waals surface area contributed by atoms with E-state index in [-0.39, 0.29) is 11.9 Å². The summed E-state index contributed by atoms with van der Waals surface area (Å²) in [5, 5.41) is 3.38. The largest absolute Gasteiger partial charge is 0.342 e. The van der Waals surface area contributed by atoms with Crippen molar-refractivity contribution in [1.29, 1.82) is 0 Å². The number of amides is 1. The summed E-state index contributed by atoms with van der Waals surface area (Å²) >= 11 is 7.72. The van der Waals surface area contributed by atoms with Gasteiger partial charge in [-0.1, -0.05) is 23.7 Å². The maximum Gasteiger partial charge on any atom is 0.253 e. The van der Waals surface area contributed by atoms with Crippen LogP contribution in [0.25, 0.3) is 11.0 Å². The number of aromatic amines is 1. The number of thioether (sulfide) groups is 1. The number of nitrogens with one attached hydrogen (secondary N) is 2. The van der Waals surface area contributed by atoms with E-state index in [0.29, 0.717) is 10.6 Å². The van der Waals surface area contributed by atoms with Gasteiger partial charge < -0.3 is 10.3 Å². The highest BCUT2D eigenvalue weighted by molar-refractivity contribution is 7.98. The minimum Gasteiger partial charge on any atom is -0.342 e. The topological polar surface area (TPSA) is 57.8 Å². The zero-order chi connectivity index (χ0) is 16.4. The molecule has 0 radical (unpaired) electrons. The maximum atomic E-state index is 12.5. The van der Waals surface area contributed by atoms with E-state index in [9.17, 15) is 4.79 Å². The first-order valence-electron chi connectivity index (χ1n) is 7.17. The van der Waals surface area contributed by atoms with Gasteiger partial charge in [0.25, 0.3) is 5.91 Å². The summed E-state index contributed by atoms with van der Waals surface area (Å²) in [5.41, 5.74) is 2.30. The van der Waals surface area contributed by atoms with Crippen molar-refractivity contribution in [3.63, 3.8) is 0 Å². The molecule has 6 heteroatoms. The van der Waals surface area contributed by atoms with Gasteiger partial charge >= 0.3 is 0 Å². The molecule has 1 atom stereocenters. The lowest BCUT2D eigenvalue weighted by Gasteiger charge is -2.13. The highest BCUT2D eigenvalue weighted by atomic mass is 35.5. The van der Waals surface area contributed by atoms with Crippen LogP contribution in [0.15, 0.2) is 47.4 Å². The molecule has 118 valence electrons. The minimum atomic E-state index is -0.246. The maximum absolute atomic E-state index is 12.5. The molecular weight excluding hydrogens is 330 g/mol. The van der Waals surface area contributed by atoms with Gasteiger partial charge in [-0.05, 0) is 43.5 Å². The molecule has 0 aliphatic heterocycles. The van der Waals surface area contributed by atoms with Crippen LogP contribution in [0.2, 0.25) is 5.02 Å². The Kier molecular flexibility index (Phi) is 4.59. The number of rotatable bonds is 4. The summed E-state index contributed by atoms with van der Waals surface area (Å²) in [7, 11) is 0. The molecule has 0 fully saturated rings. The zero-order valence-corrected chi connectivity index (χ0v) is 14.3. The second-order valence-corrected chi connectivity index (χ2v) is 6.47. The number of fused-ring (bicyclic) bond motifs is 1. The fourth-order valence-electron chi connectivity index (χ4n) is 2.33. The number of hydrogen-bond acceptors (Lipinski definition) is 3. The molecule has 1 heterocycles. The van der Waals surface area contributed by atoms with Crippen LogP contribution in [0.4, 0.5) is 0 Å². The molecule has 0 saturated heterocycles. The average molecular weight is 346 g/mol. The molecule has 1 amide bonds. The van der Waals surface area contributed by atoms with E-state index in [0.717, 1.165) is 21.8 Å². The first-order valence-corrected chi connectivity index (χ1v) is 8.78. The number of halogens is 1. The number of para-hydroxylation sites is 2. The van der Waals surface area contributed by atoms with Crippen molar-refractivity contribution in [3.8, 4) is 0 Å². The van der Waals surface area contributed by atoms with Crippen molar-refractivity contribution < 1.29 is 4.79 Å². The van der Waals surface area contributed by atoms with E-state index < -0.39 is 0 Å². The average Bonchev–Trinajstić information content (AvgIpc) is 2.99. The third-order valence-corrected chi connectivity index (χ3v) is 4.64. The van der Waals surface area contributed by atoms with Gasteiger partial charge in [0.05, 0.1) is 27.7 Å². The van der Waals surface area contributed by atoms with Gasteiger partial charge in [0, 0.05) is 4.90 Å². The van der Waals surface area contributed by atoms with Crippen molar-refractivity contribution in [2.75, 3.05) is 6.26 Å². The standard InChI is InChI=1S/C17H16ClN3OS/c1-10(16-20-14-5-3-4-6-15(14)21-16)19-17(22)12-9-11(23-2)7-8-13(12)18/h3-10H,1-2H3,(H,19,22)(H,20,21). The molecule has 3 rings (SSSR count). The Hall–Kier alpha value is -1.98. The van der Waals surface area contributed by atoms with Crippen molar-refractivity contribution >= 4 is 40.3 Å². The molecule has 0 bridgehead atoms. The van der Waals surface area contributed by atoms with E-state index in [4.69, 9.17) is 11.6 Å². The van der Waals surface area contributed by atoms with Crippen LogP contribution < -0.4 is 5.32 Å². The Balaban J connectivity index is 1.81. The number of carbonyl (C=O) groups is 1. The van der Waals surface area contributed by atoms with Crippen LogP contribution in [0.3, 0.4) is 0 Å². The molecule has 2 N–H and O–H groups in total. The van der Waals surface area contributed by atoms with Crippen LogP contribution in [0.5, 0.6) is 0 Å². The van der Waals surface area contributed by atoms with Gasteiger partial charge in [-0.3, -0.25) is 4.79 Å². The second-order valence-electron chi connectivity index (χ2n) is 5.18. The first kappa shape index (κ1) is 15.9. The fraction of sp³-hybridized carbons (Fsp3) is 0.176. The van der Waals surface area contributed by atoms with Gasteiger partial charge in [0.2, 0.25) is 0 Å². The summed E-state index contributed by atoms with van der Waals surface area (Å²) in [6, 6.07) is 13.0. The van der Waals surface area contributed by atoms with Crippen LogP contribution in [0.1, 0.15) is 29.1 Å². The van der Waals surface area contributed by atoms with Gasteiger partial charge in [0.15, 0.2) is 0 Å². The van der Waals surface area contributed by atoms with Crippen LogP contribution in [-0.2, 0) is 0 Å². The van der Waals surface area contributed by atoms with Gasteiger partial charge in [-0.25, -0.2) is 4.98 Å². The van der Waals surface area contributed by atoms with Crippen molar-refractivity contribution in [1.82, 2.24) is 15.3 Å². The number of imidazole rings is 1. The number of nitrogens with zero attached hydrogens (tertiary/aromatic N) is 1. The summed E-state index contributed by atoms with van der Waals surface area (Å²) in [6.45, 7) is 1.89. The number of benzene rings is 2. The molecule has 1 aromatic heterocycles. The molecule has 3 aromatic rings. The number of aromatic nitrogens is 2. The highest BCUT2D eigenvalue weighted by Gasteiger charge is 2.17. The summed E-state index contributed by atoms with van der Waals surface area (Å²) in [5.74, 6) is 0.510. The summed E-state index contributed by atoms with van der Waals surface area (Å²) in [4.78, 5) is 21.2. The molecular formula is C17H16ClN3OS. The molecule has 0 saturated carbocycles. The Labute approximate surface area is 143 Å². The van der Waals surface area contributed by atoms with Crippen molar-refractivity contribution in [3.05, 3.63) is 58.9 Å². The van der Waals surface area contributed by atoms with Gasteiger partial charge in [0.1, 0.15) is 5.82 Å². The van der Waals surface area contributed by atoms with E-state index in [1.807, 2.05) is 43.5 Å². The molecule has 4 nitrogen and oxygen atoms in total. The predicted molar refractivity (Wildman–Crippen MR) is 95.2 cm³/mol. The monoisotopic (exact) mass is 345 g/mol. The lowest BCUT2D eigenvalue weighted by atomic mass is 10.2. The van der Waals surface area contributed by atoms with Crippen molar-refractivity contribution in [2.24, 2.45) is 0 Å². The number of H-pyrrole nitrogens is 1. The van der Waals surface area contributed by atoms with Gasteiger partial charge in [-0.2, -0.15) is 0 Å². The first-order chi connectivity index (χ1) is 11.1. The molecule has 0 aliphatic rings. The molecule has 2 aromatic carbocycles. The smallest absolute Gasteiger partial charge is 0.253 e. The SMILES string of the molecule is CSc1ccc(Cl)c(C(=O)NC(C)c2nc3ccccc3[nH]2)c1. The Morgan fingerprint density at radius 2 is 2.09 bits per heavy atom. The van der Waals surface area contributed by atoms with E-state index in [1.165, 1.54) is 0 Å². The van der Waals surface area contributed by atoms with Crippen molar-refractivity contribution in [2.45, 2.75) is 17.9 Å². The second kappa shape index (κ2) is 6.64. The number of hydrogen-bond donors (Lipinski definition) is 2. The summed E-state index contributed by atoms with van der Waals surface area (Å²) < 4.78 is 0. The number of carbonyl (C=O) groups excluding carboxylic acids is 1. The fourth-order valence-corrected chi connectivity index (χ4v) is 2.97. The lowest BCUT2D eigenvalue weighted by molar-refractivity contribution is 0.0938. The lowest BCUT2D eigenvalue weighted by Crippen LogP contribution is -2.27. The quantitative estimate of drug-likeness (QED) is 0.688. The van der Waals surface area contributed by atoms with Crippen LogP contribution in [-0.4, -0.2) is 22.1 Å². The minimum absolute atomic E-state index is 0.209. The Bertz CT molecular complexity index is 829. The molecule has 0 aliphatic carbocycles. The van der Waals surface area contributed by atoms with E-state index in [1.54, 1.807) is 23.9 Å². The van der Waals surface area contributed by atoms with E-state index in [2.05, 4.69) is 15.3 Å².